The van der Waals surface area contributed by atoms with E-state index in [1.54, 1.807) is 31.4 Å². The van der Waals surface area contributed by atoms with E-state index in [4.69, 9.17) is 9.84 Å². The van der Waals surface area contributed by atoms with Crippen LogP contribution in [-0.2, 0) is 11.2 Å². The van der Waals surface area contributed by atoms with E-state index in [1.165, 1.54) is 18.3 Å². The van der Waals surface area contributed by atoms with E-state index in [0.29, 0.717) is 0 Å². The van der Waals surface area contributed by atoms with E-state index >= 15 is 0 Å². The summed E-state index contributed by atoms with van der Waals surface area (Å²) in [6.07, 6.45) is 3.58. The first-order valence-electron chi connectivity index (χ1n) is 8.53. The van der Waals surface area contributed by atoms with Crippen LogP contribution in [0.15, 0.2) is 72.0 Å². The monoisotopic (exact) mass is 377 g/mol. The summed E-state index contributed by atoms with van der Waals surface area (Å²) in [5.41, 5.74) is 5.12. The smallest absolute Gasteiger partial charge is 0.335 e. The third-order valence-electron chi connectivity index (χ3n) is 4.08. The van der Waals surface area contributed by atoms with Crippen LogP contribution in [0, 0.1) is 0 Å². The number of aromatic carboxylic acids is 1. The van der Waals surface area contributed by atoms with Crippen molar-refractivity contribution in [2.45, 2.75) is 6.42 Å². The molecule has 0 aliphatic carbocycles. The summed E-state index contributed by atoms with van der Waals surface area (Å²) in [6.45, 7) is 0. The minimum absolute atomic E-state index is 0.207. The number of amides is 1. The zero-order valence-corrected chi connectivity index (χ0v) is 15.2. The number of carboxylic acid groups (broad SMARTS) is 1. The summed E-state index contributed by atoms with van der Waals surface area (Å²) in [5.74, 6) is -0.468. The van der Waals surface area contributed by atoms with Crippen molar-refractivity contribution in [1.29, 1.82) is 0 Å². The Morgan fingerprint density at radius 2 is 1.82 bits per heavy atom. The lowest BCUT2D eigenvalue weighted by Crippen LogP contribution is -2.20. The Hall–Kier alpha value is -3.87. The van der Waals surface area contributed by atoms with Crippen LogP contribution in [0.4, 0.5) is 0 Å². The van der Waals surface area contributed by atoms with Gasteiger partial charge in [-0.05, 0) is 54.1 Å². The van der Waals surface area contributed by atoms with Gasteiger partial charge in [0.05, 0.1) is 31.0 Å². The molecule has 0 fully saturated rings. The lowest BCUT2D eigenvalue weighted by atomic mass is 10.1. The van der Waals surface area contributed by atoms with Crippen LogP contribution >= 0.6 is 0 Å². The molecule has 0 bridgehead atoms. The van der Waals surface area contributed by atoms with Gasteiger partial charge in [0.1, 0.15) is 5.75 Å². The third kappa shape index (κ3) is 4.64. The summed E-state index contributed by atoms with van der Waals surface area (Å²) in [7, 11) is 1.59. The number of methoxy groups -OCH3 is 1. The Labute approximate surface area is 161 Å². The molecule has 2 aromatic carbocycles. The van der Waals surface area contributed by atoms with Gasteiger partial charge in [0, 0.05) is 11.9 Å². The second-order valence-corrected chi connectivity index (χ2v) is 5.97. The van der Waals surface area contributed by atoms with Crippen molar-refractivity contribution in [3.63, 3.8) is 0 Å². The second kappa shape index (κ2) is 8.68. The number of hydrogen-bond donors (Lipinski definition) is 2. The summed E-state index contributed by atoms with van der Waals surface area (Å²) in [6, 6.07) is 17.4. The van der Waals surface area contributed by atoms with Crippen LogP contribution in [0.2, 0.25) is 0 Å². The first kappa shape index (κ1) is 18.9. The topological polar surface area (TPSA) is 92.9 Å². The average Bonchev–Trinajstić information content (AvgIpc) is 3.17. The van der Waals surface area contributed by atoms with Crippen molar-refractivity contribution < 1.29 is 19.4 Å². The number of rotatable bonds is 7. The largest absolute Gasteiger partial charge is 0.497 e. The first-order chi connectivity index (χ1) is 13.6. The van der Waals surface area contributed by atoms with Gasteiger partial charge < -0.3 is 14.4 Å². The van der Waals surface area contributed by atoms with Gasteiger partial charge >= 0.3 is 5.97 Å². The predicted molar refractivity (Wildman–Crippen MR) is 105 cm³/mol. The average molecular weight is 377 g/mol. The molecule has 3 aromatic rings. The number of hydrogen-bond acceptors (Lipinski definition) is 4. The molecule has 1 heterocycles. The number of ether oxygens (including phenoxy) is 1. The Morgan fingerprint density at radius 3 is 2.46 bits per heavy atom. The molecule has 0 aliphatic heterocycles. The molecule has 0 atom stereocenters. The lowest BCUT2D eigenvalue weighted by molar-refractivity contribution is -0.120. The third-order valence-corrected chi connectivity index (χ3v) is 4.08. The number of benzene rings is 2. The lowest BCUT2D eigenvalue weighted by Gasteiger charge is -2.07. The van der Waals surface area contributed by atoms with Gasteiger partial charge in [0.25, 0.3) is 0 Å². The van der Waals surface area contributed by atoms with Crippen molar-refractivity contribution in [3.8, 4) is 11.4 Å². The maximum absolute atomic E-state index is 12.0. The van der Waals surface area contributed by atoms with Gasteiger partial charge in [-0.1, -0.05) is 12.1 Å². The number of aromatic nitrogens is 1. The summed E-state index contributed by atoms with van der Waals surface area (Å²) in [4.78, 5) is 23.0. The van der Waals surface area contributed by atoms with Crippen LogP contribution < -0.4 is 10.2 Å². The van der Waals surface area contributed by atoms with E-state index in [-0.39, 0.29) is 17.9 Å². The highest BCUT2D eigenvalue weighted by Gasteiger charge is 2.06. The number of nitrogens with one attached hydrogen (secondary N) is 1. The van der Waals surface area contributed by atoms with E-state index in [9.17, 15) is 9.59 Å². The maximum Gasteiger partial charge on any atom is 0.335 e. The quantitative estimate of drug-likeness (QED) is 0.489. The Morgan fingerprint density at radius 1 is 1.11 bits per heavy atom. The summed E-state index contributed by atoms with van der Waals surface area (Å²) < 4.78 is 6.93. The fourth-order valence-corrected chi connectivity index (χ4v) is 2.64. The molecule has 2 N–H and O–H groups in total. The van der Waals surface area contributed by atoms with Crippen LogP contribution in [0.5, 0.6) is 5.75 Å². The van der Waals surface area contributed by atoms with E-state index in [2.05, 4.69) is 10.5 Å². The van der Waals surface area contributed by atoms with Gasteiger partial charge in [-0.15, -0.1) is 0 Å². The van der Waals surface area contributed by atoms with Crippen LogP contribution in [-0.4, -0.2) is 34.9 Å². The predicted octanol–water partition coefficient (Wildman–Crippen LogP) is 2.88. The van der Waals surface area contributed by atoms with Crippen molar-refractivity contribution in [3.05, 3.63) is 83.7 Å². The van der Waals surface area contributed by atoms with Crippen molar-refractivity contribution in [2.75, 3.05) is 7.11 Å². The van der Waals surface area contributed by atoms with Crippen molar-refractivity contribution in [1.82, 2.24) is 9.99 Å². The Bertz CT molecular complexity index is 989. The molecule has 28 heavy (non-hydrogen) atoms. The molecular formula is C21H19N3O4. The van der Waals surface area contributed by atoms with Gasteiger partial charge in [-0.25, -0.2) is 10.2 Å². The number of nitrogens with zero attached hydrogens (tertiary/aromatic N) is 2. The van der Waals surface area contributed by atoms with Gasteiger partial charge in [-0.2, -0.15) is 5.10 Å². The molecule has 0 aliphatic rings. The van der Waals surface area contributed by atoms with Crippen LogP contribution in [0.25, 0.3) is 5.69 Å². The zero-order chi connectivity index (χ0) is 19.9. The van der Waals surface area contributed by atoms with Crippen LogP contribution in [0.3, 0.4) is 0 Å². The first-order valence-corrected chi connectivity index (χ1v) is 8.53. The van der Waals surface area contributed by atoms with E-state index in [0.717, 1.165) is 22.7 Å². The van der Waals surface area contributed by atoms with Crippen LogP contribution in [0.1, 0.15) is 21.6 Å². The number of carboxylic acids is 1. The minimum atomic E-state index is -0.972. The molecule has 3 rings (SSSR count). The molecule has 7 nitrogen and oxygen atoms in total. The fraction of sp³-hybridized carbons (Fsp3) is 0.0952. The van der Waals surface area contributed by atoms with Crippen molar-refractivity contribution >= 4 is 18.1 Å². The maximum atomic E-state index is 12.0. The molecule has 1 amide bonds. The molecule has 0 spiro atoms. The SMILES string of the molecule is COc1ccc(CC(=O)N/N=C/c2cccn2-c2ccc(C(=O)O)cc2)cc1. The summed E-state index contributed by atoms with van der Waals surface area (Å²) >= 11 is 0. The summed E-state index contributed by atoms with van der Waals surface area (Å²) in [5, 5.41) is 13.0. The standard InChI is InChI=1S/C21H19N3O4/c1-28-19-10-4-15(5-11-19)13-20(25)23-22-14-18-3-2-12-24(18)17-8-6-16(7-9-17)21(26)27/h2-12,14H,13H2,1H3,(H,23,25)(H,26,27)/b22-14+. The molecule has 142 valence electrons. The second-order valence-electron chi connectivity index (χ2n) is 5.97. The molecule has 0 saturated heterocycles. The fourth-order valence-electron chi connectivity index (χ4n) is 2.64. The number of hydrazone groups is 1. The Kier molecular flexibility index (Phi) is 5.86. The molecule has 0 radical (unpaired) electrons. The molecule has 7 heteroatoms. The zero-order valence-electron chi connectivity index (χ0n) is 15.2. The van der Waals surface area contributed by atoms with E-state index in [1.807, 2.05) is 35.0 Å². The highest BCUT2D eigenvalue weighted by molar-refractivity contribution is 5.88. The number of carbonyl (C=O) groups is 2. The molecular weight excluding hydrogens is 358 g/mol. The van der Waals surface area contributed by atoms with Gasteiger partial charge in [-0.3, -0.25) is 4.79 Å². The number of carbonyl (C=O) groups excluding carboxylic acids is 1. The van der Waals surface area contributed by atoms with Gasteiger partial charge in [0.15, 0.2) is 0 Å². The van der Waals surface area contributed by atoms with Crippen molar-refractivity contribution in [2.24, 2.45) is 5.10 Å². The minimum Gasteiger partial charge on any atom is -0.497 e. The highest BCUT2D eigenvalue weighted by atomic mass is 16.5. The normalized spacial score (nSPS) is 10.8. The molecule has 0 saturated carbocycles. The molecule has 0 unspecified atom stereocenters. The molecule has 1 aromatic heterocycles. The van der Waals surface area contributed by atoms with Gasteiger partial charge in [0.2, 0.25) is 5.91 Å². The Balaban J connectivity index is 1.62. The highest BCUT2D eigenvalue weighted by Crippen LogP contribution is 2.13. The van der Waals surface area contributed by atoms with E-state index < -0.39 is 5.97 Å².